The van der Waals surface area contributed by atoms with E-state index in [1.165, 1.54) is 0 Å². The number of hydrazone groups is 1. The molecule has 2 aliphatic rings. The number of hydrogen-bond acceptors (Lipinski definition) is 6. The predicted molar refractivity (Wildman–Crippen MR) is 117 cm³/mol. The maximum atomic E-state index is 11.5. The first-order chi connectivity index (χ1) is 14.2. The maximum absolute atomic E-state index is 11.5. The molecule has 2 heterocycles. The van der Waals surface area contributed by atoms with Crippen molar-refractivity contribution in [1.82, 2.24) is 5.43 Å². The quantitative estimate of drug-likeness (QED) is 0.692. The Hall–Kier alpha value is -2.96. The summed E-state index contributed by atoms with van der Waals surface area (Å²) in [5, 5.41) is 16.9. The van der Waals surface area contributed by atoms with E-state index in [0.29, 0.717) is 6.54 Å². The highest BCUT2D eigenvalue weighted by Gasteiger charge is 2.54. The first kappa shape index (κ1) is 18.1. The minimum Gasteiger partial charge on any atom is -0.496 e. The Morgan fingerprint density at radius 3 is 2.59 bits per heavy atom. The van der Waals surface area contributed by atoms with Gasteiger partial charge in [0.1, 0.15) is 10.8 Å². The molecule has 146 valence electrons. The van der Waals surface area contributed by atoms with Crippen LogP contribution in [0, 0.1) is 0 Å². The molecule has 3 aromatic rings. The van der Waals surface area contributed by atoms with Gasteiger partial charge in [-0.05, 0) is 12.1 Å². The van der Waals surface area contributed by atoms with Crippen molar-refractivity contribution in [3.8, 4) is 5.75 Å². The molecule has 6 heteroatoms. The molecule has 2 N–H and O–H groups in total. The smallest absolute Gasteiger partial charge is 0.177 e. The van der Waals surface area contributed by atoms with Crippen LogP contribution >= 0.6 is 11.8 Å². The van der Waals surface area contributed by atoms with E-state index in [-0.39, 0.29) is 0 Å². The zero-order chi connectivity index (χ0) is 19.8. The second-order valence-electron chi connectivity index (χ2n) is 7.06. The molecule has 0 aromatic heterocycles. The number of benzene rings is 3. The van der Waals surface area contributed by atoms with Crippen molar-refractivity contribution in [3.63, 3.8) is 0 Å². The number of fused-ring (bicyclic) bond motifs is 2. The molecule has 5 nitrogen and oxygen atoms in total. The molecular formula is C23H21N3O2S. The van der Waals surface area contributed by atoms with Crippen LogP contribution in [-0.2, 0) is 11.4 Å². The van der Waals surface area contributed by atoms with Crippen molar-refractivity contribution in [2.24, 2.45) is 5.10 Å². The number of nitrogens with zero attached hydrogens (tertiary/aromatic N) is 2. The largest absolute Gasteiger partial charge is 0.496 e. The number of ether oxygens (including phenoxy) is 1. The number of thioether (sulfide) groups is 1. The van der Waals surface area contributed by atoms with Gasteiger partial charge in [-0.25, -0.2) is 0 Å². The number of aliphatic hydroxyl groups is 1. The molecule has 0 saturated heterocycles. The summed E-state index contributed by atoms with van der Waals surface area (Å²) in [6.45, 7) is 0.535. The van der Waals surface area contributed by atoms with Crippen LogP contribution in [0.4, 0.5) is 5.69 Å². The summed E-state index contributed by atoms with van der Waals surface area (Å²) in [6, 6.07) is 26.1. The fraction of sp³-hybridized carbons (Fsp3) is 0.174. The van der Waals surface area contributed by atoms with Crippen LogP contribution in [-0.4, -0.2) is 23.5 Å². The Morgan fingerprint density at radius 1 is 1.03 bits per heavy atom. The van der Waals surface area contributed by atoms with Crippen LogP contribution in [0.25, 0.3) is 0 Å². The Kier molecular flexibility index (Phi) is 4.45. The van der Waals surface area contributed by atoms with E-state index in [9.17, 15) is 5.11 Å². The standard InChI is InChI=1S/C23H21N3O2S/c1-28-20-14-8-5-11-17(20)15-26-19-13-7-6-12-18(19)23(22(26)27)25-24-21(29-23)16-9-3-2-4-10-16/h2-14,22,25,27H,15H2,1H3. The molecule has 2 unspecified atom stereocenters. The number of hydrogen-bond donors (Lipinski definition) is 2. The molecule has 2 atom stereocenters. The molecule has 0 amide bonds. The number of rotatable bonds is 4. The summed E-state index contributed by atoms with van der Waals surface area (Å²) in [7, 11) is 1.67. The lowest BCUT2D eigenvalue weighted by Gasteiger charge is -2.31. The zero-order valence-electron chi connectivity index (χ0n) is 15.9. The normalized spacial score (nSPS) is 22.3. The second-order valence-corrected chi connectivity index (χ2v) is 8.30. The van der Waals surface area contributed by atoms with E-state index in [1.54, 1.807) is 18.9 Å². The van der Waals surface area contributed by atoms with E-state index in [2.05, 4.69) is 16.6 Å². The van der Waals surface area contributed by atoms with Crippen molar-refractivity contribution in [2.75, 3.05) is 12.0 Å². The average Bonchev–Trinajstić information content (AvgIpc) is 3.32. The molecule has 1 spiro atoms. The van der Waals surface area contributed by atoms with Crippen LogP contribution < -0.4 is 15.1 Å². The van der Waals surface area contributed by atoms with Gasteiger partial charge < -0.3 is 14.7 Å². The van der Waals surface area contributed by atoms with Crippen molar-refractivity contribution in [2.45, 2.75) is 17.6 Å². The summed E-state index contributed by atoms with van der Waals surface area (Å²) in [4.78, 5) is 1.26. The molecule has 0 aliphatic carbocycles. The van der Waals surface area contributed by atoms with E-state index >= 15 is 0 Å². The summed E-state index contributed by atoms with van der Waals surface area (Å²) in [6.07, 6.45) is -0.792. The van der Waals surface area contributed by atoms with Crippen molar-refractivity contribution >= 4 is 22.5 Å². The summed E-state index contributed by atoms with van der Waals surface area (Å²) >= 11 is 1.56. The maximum Gasteiger partial charge on any atom is 0.177 e. The number of para-hydroxylation sites is 2. The van der Waals surface area contributed by atoms with Gasteiger partial charge in [0.25, 0.3) is 0 Å². The lowest BCUT2D eigenvalue weighted by Crippen LogP contribution is -2.48. The average molecular weight is 404 g/mol. The van der Waals surface area contributed by atoms with Crippen molar-refractivity contribution in [1.29, 1.82) is 0 Å². The highest BCUT2D eigenvalue weighted by atomic mass is 32.2. The fourth-order valence-electron chi connectivity index (χ4n) is 3.98. The fourth-order valence-corrected chi connectivity index (χ4v) is 5.24. The van der Waals surface area contributed by atoms with Gasteiger partial charge in [0.15, 0.2) is 11.1 Å². The van der Waals surface area contributed by atoms with Gasteiger partial charge in [0, 0.05) is 28.9 Å². The number of aliphatic hydroxyl groups excluding tert-OH is 1. The topological polar surface area (TPSA) is 57.1 Å². The zero-order valence-corrected chi connectivity index (χ0v) is 16.8. The molecule has 5 rings (SSSR count). The number of methoxy groups -OCH3 is 1. The molecular weight excluding hydrogens is 382 g/mol. The SMILES string of the molecule is COc1ccccc1CN1c2ccccc2C2(NN=C(c3ccccc3)S2)C1O. The lowest BCUT2D eigenvalue weighted by molar-refractivity contribution is 0.119. The van der Waals surface area contributed by atoms with Gasteiger partial charge in [-0.2, -0.15) is 5.10 Å². The first-order valence-electron chi connectivity index (χ1n) is 9.48. The van der Waals surface area contributed by atoms with Crippen molar-refractivity contribution in [3.05, 3.63) is 95.6 Å². The van der Waals surface area contributed by atoms with Gasteiger partial charge in [0.05, 0.1) is 7.11 Å². The first-order valence-corrected chi connectivity index (χ1v) is 10.3. The molecule has 0 saturated carbocycles. The van der Waals surface area contributed by atoms with Crippen molar-refractivity contribution < 1.29 is 9.84 Å². The van der Waals surface area contributed by atoms with Gasteiger partial charge in [-0.3, -0.25) is 5.43 Å². The Bertz CT molecular complexity index is 1070. The van der Waals surface area contributed by atoms with E-state index < -0.39 is 11.1 Å². The highest BCUT2D eigenvalue weighted by Crippen LogP contribution is 2.53. The van der Waals surface area contributed by atoms with Crippen LogP contribution in [0.2, 0.25) is 0 Å². The molecule has 0 radical (unpaired) electrons. The van der Waals surface area contributed by atoms with Crippen LogP contribution in [0.15, 0.2) is 84.0 Å². The minimum absolute atomic E-state index is 0.535. The molecule has 29 heavy (non-hydrogen) atoms. The van der Waals surface area contributed by atoms with Crippen LogP contribution in [0.5, 0.6) is 5.75 Å². The Labute approximate surface area is 174 Å². The minimum atomic E-state index is -0.792. The third-order valence-corrected chi connectivity index (χ3v) is 6.77. The third kappa shape index (κ3) is 2.87. The molecule has 0 fully saturated rings. The molecule has 0 bridgehead atoms. The molecule has 2 aliphatic heterocycles. The Balaban J connectivity index is 1.51. The second kappa shape index (κ2) is 7.13. The summed E-state index contributed by atoms with van der Waals surface area (Å²) < 4.78 is 5.52. The third-order valence-electron chi connectivity index (χ3n) is 5.41. The molecule has 3 aromatic carbocycles. The number of anilines is 1. The van der Waals surface area contributed by atoms with Gasteiger partial charge >= 0.3 is 0 Å². The number of nitrogens with one attached hydrogen (secondary N) is 1. The summed E-state index contributed by atoms with van der Waals surface area (Å²) in [5.41, 5.74) is 7.34. The lowest BCUT2D eigenvalue weighted by atomic mass is 10.1. The van der Waals surface area contributed by atoms with Gasteiger partial charge in [-0.1, -0.05) is 78.5 Å². The van der Waals surface area contributed by atoms with E-state index in [4.69, 9.17) is 4.74 Å². The van der Waals surface area contributed by atoms with E-state index in [0.717, 1.165) is 33.2 Å². The Morgan fingerprint density at radius 2 is 1.76 bits per heavy atom. The van der Waals surface area contributed by atoms with Gasteiger partial charge in [-0.15, -0.1) is 0 Å². The summed E-state index contributed by atoms with van der Waals surface area (Å²) in [5.74, 6) is 0.811. The van der Waals surface area contributed by atoms with Crippen LogP contribution in [0.3, 0.4) is 0 Å². The van der Waals surface area contributed by atoms with E-state index in [1.807, 2.05) is 77.7 Å². The highest BCUT2D eigenvalue weighted by molar-refractivity contribution is 8.15. The van der Waals surface area contributed by atoms with Crippen LogP contribution in [0.1, 0.15) is 16.7 Å². The monoisotopic (exact) mass is 403 g/mol. The predicted octanol–water partition coefficient (Wildman–Crippen LogP) is 3.88. The van der Waals surface area contributed by atoms with Gasteiger partial charge in [0.2, 0.25) is 0 Å².